The summed E-state index contributed by atoms with van der Waals surface area (Å²) in [5.41, 5.74) is -0.115. The number of hydrogen-bond donors (Lipinski definition) is 3. The van der Waals surface area contributed by atoms with Crippen LogP contribution in [0.1, 0.15) is 79.1 Å². The minimum absolute atomic E-state index is 0.0449. The lowest BCUT2D eigenvalue weighted by Crippen LogP contribution is -2.63. The molecular formula is C27H42O5. The molecule has 32 heavy (non-hydrogen) atoms. The van der Waals surface area contributed by atoms with Gasteiger partial charge in [0, 0.05) is 41.9 Å². The Morgan fingerprint density at radius 1 is 1.06 bits per heavy atom. The molecule has 0 unspecified atom stereocenters. The van der Waals surface area contributed by atoms with Crippen LogP contribution in [-0.4, -0.2) is 51.6 Å². The summed E-state index contributed by atoms with van der Waals surface area (Å²) < 4.78 is 13.2. The molecule has 3 saturated carbocycles. The third kappa shape index (κ3) is 2.53. The fourth-order valence-corrected chi connectivity index (χ4v) is 9.69. The van der Waals surface area contributed by atoms with Gasteiger partial charge < -0.3 is 24.8 Å². The lowest BCUT2D eigenvalue weighted by Gasteiger charge is -2.62. The van der Waals surface area contributed by atoms with E-state index in [2.05, 4.69) is 33.8 Å². The first kappa shape index (κ1) is 22.0. The zero-order valence-electron chi connectivity index (χ0n) is 20.2. The first-order chi connectivity index (χ1) is 15.0. The number of rotatable bonds is 0. The maximum atomic E-state index is 12.5. The van der Waals surface area contributed by atoms with Crippen LogP contribution < -0.4 is 0 Å². The Labute approximate surface area is 192 Å². The summed E-state index contributed by atoms with van der Waals surface area (Å²) in [7, 11) is 0. The van der Waals surface area contributed by atoms with Gasteiger partial charge in [-0.2, -0.15) is 0 Å². The number of allylic oxidation sites excluding steroid dienone is 1. The predicted molar refractivity (Wildman–Crippen MR) is 121 cm³/mol. The van der Waals surface area contributed by atoms with E-state index < -0.39 is 23.6 Å². The molecule has 6 rings (SSSR count). The quantitative estimate of drug-likeness (QED) is 0.493. The molecule has 0 aromatic heterocycles. The van der Waals surface area contributed by atoms with Gasteiger partial charge in [-0.05, 0) is 49.9 Å². The van der Waals surface area contributed by atoms with Gasteiger partial charge in [0.1, 0.15) is 0 Å². The van der Waals surface area contributed by atoms with Gasteiger partial charge in [-0.3, -0.25) is 0 Å². The van der Waals surface area contributed by atoms with Crippen LogP contribution in [0, 0.1) is 40.4 Å². The third-order valence-electron chi connectivity index (χ3n) is 11.6. The van der Waals surface area contributed by atoms with Gasteiger partial charge in [0.05, 0.1) is 30.5 Å². The second-order valence-electron chi connectivity index (χ2n) is 12.9. The highest BCUT2D eigenvalue weighted by Gasteiger charge is 2.74. The summed E-state index contributed by atoms with van der Waals surface area (Å²) in [4.78, 5) is 0. The lowest BCUT2D eigenvalue weighted by atomic mass is 9.44. The van der Waals surface area contributed by atoms with Crippen LogP contribution in [0.2, 0.25) is 0 Å². The van der Waals surface area contributed by atoms with Crippen LogP contribution >= 0.6 is 0 Å². The summed E-state index contributed by atoms with van der Waals surface area (Å²) in [5, 5.41) is 33.9. The SMILES string of the molecule is C[C@@H]1CC[C@@]2(OC1)O[C@H]1C[C@@]3(O)[C@@H]4CC=C5C[C@@H](O)C[C@@H](O)[C@]5(C)[C@H]4CC[C@]3(C)[C@H]1[C@@H]2C. The summed E-state index contributed by atoms with van der Waals surface area (Å²) in [6, 6.07) is 0. The van der Waals surface area contributed by atoms with E-state index in [1.54, 1.807) is 0 Å². The van der Waals surface area contributed by atoms with E-state index in [4.69, 9.17) is 9.47 Å². The summed E-state index contributed by atoms with van der Waals surface area (Å²) in [6.07, 6.45) is 8.01. The Kier molecular flexibility index (Phi) is 4.69. The molecular weight excluding hydrogens is 404 g/mol. The molecule has 0 bridgehead atoms. The van der Waals surface area contributed by atoms with Crippen molar-refractivity contribution in [3.63, 3.8) is 0 Å². The van der Waals surface area contributed by atoms with E-state index in [-0.39, 0.29) is 34.7 Å². The molecule has 2 heterocycles. The van der Waals surface area contributed by atoms with Crippen LogP contribution in [0.3, 0.4) is 0 Å². The van der Waals surface area contributed by atoms with E-state index in [1.165, 1.54) is 5.57 Å². The Bertz CT molecular complexity index is 817. The number of fused-ring (bicyclic) bond motifs is 7. The van der Waals surface area contributed by atoms with Crippen LogP contribution in [0.25, 0.3) is 0 Å². The van der Waals surface area contributed by atoms with Crippen molar-refractivity contribution in [2.75, 3.05) is 6.61 Å². The number of aliphatic hydroxyl groups is 3. The second-order valence-corrected chi connectivity index (χ2v) is 12.9. The molecule has 5 fully saturated rings. The fraction of sp³-hybridized carbons (Fsp3) is 0.926. The zero-order valence-corrected chi connectivity index (χ0v) is 20.2. The molecule has 5 nitrogen and oxygen atoms in total. The van der Waals surface area contributed by atoms with E-state index >= 15 is 0 Å². The Morgan fingerprint density at radius 3 is 2.56 bits per heavy atom. The smallest absolute Gasteiger partial charge is 0.171 e. The van der Waals surface area contributed by atoms with Crippen LogP contribution in [-0.2, 0) is 9.47 Å². The van der Waals surface area contributed by atoms with Gasteiger partial charge in [-0.15, -0.1) is 0 Å². The van der Waals surface area contributed by atoms with Crippen molar-refractivity contribution >= 4 is 0 Å². The Morgan fingerprint density at radius 2 is 1.84 bits per heavy atom. The van der Waals surface area contributed by atoms with Crippen molar-refractivity contribution in [2.45, 2.75) is 109 Å². The van der Waals surface area contributed by atoms with Gasteiger partial charge in [-0.1, -0.05) is 39.3 Å². The largest absolute Gasteiger partial charge is 0.393 e. The summed E-state index contributed by atoms with van der Waals surface area (Å²) in [5.74, 6) is 1.07. The van der Waals surface area contributed by atoms with Crippen molar-refractivity contribution in [2.24, 2.45) is 40.4 Å². The first-order valence-corrected chi connectivity index (χ1v) is 13.1. The number of aliphatic hydroxyl groups excluding tert-OH is 2. The van der Waals surface area contributed by atoms with E-state index in [0.717, 1.165) is 38.7 Å². The number of ether oxygens (including phenoxy) is 2. The molecule has 2 aliphatic heterocycles. The molecule has 2 saturated heterocycles. The Hall–Kier alpha value is -0.460. The van der Waals surface area contributed by atoms with Gasteiger partial charge in [0.15, 0.2) is 5.79 Å². The fourth-order valence-electron chi connectivity index (χ4n) is 9.69. The molecule has 6 aliphatic rings. The van der Waals surface area contributed by atoms with Crippen molar-refractivity contribution < 1.29 is 24.8 Å². The predicted octanol–water partition coefficient (Wildman–Crippen LogP) is 3.80. The average molecular weight is 447 g/mol. The molecule has 4 aliphatic carbocycles. The highest BCUT2D eigenvalue weighted by atomic mass is 16.7. The molecule has 12 atom stereocenters. The maximum Gasteiger partial charge on any atom is 0.171 e. The third-order valence-corrected chi connectivity index (χ3v) is 11.6. The number of hydrogen-bond acceptors (Lipinski definition) is 5. The normalized spacial score (nSPS) is 61.5. The minimum Gasteiger partial charge on any atom is -0.393 e. The monoisotopic (exact) mass is 446 g/mol. The van der Waals surface area contributed by atoms with E-state index in [9.17, 15) is 15.3 Å². The molecule has 0 aromatic carbocycles. The van der Waals surface area contributed by atoms with Gasteiger partial charge in [-0.25, -0.2) is 0 Å². The summed E-state index contributed by atoms with van der Waals surface area (Å²) >= 11 is 0. The van der Waals surface area contributed by atoms with Crippen LogP contribution in [0.5, 0.6) is 0 Å². The topological polar surface area (TPSA) is 79.2 Å². The van der Waals surface area contributed by atoms with Crippen molar-refractivity contribution in [1.82, 2.24) is 0 Å². The molecule has 3 N–H and O–H groups in total. The van der Waals surface area contributed by atoms with Crippen LogP contribution in [0.15, 0.2) is 11.6 Å². The maximum absolute atomic E-state index is 12.5. The molecule has 1 spiro atoms. The Balaban J connectivity index is 1.34. The van der Waals surface area contributed by atoms with E-state index in [1.807, 2.05) is 0 Å². The van der Waals surface area contributed by atoms with Crippen LogP contribution in [0.4, 0.5) is 0 Å². The van der Waals surface area contributed by atoms with Crippen molar-refractivity contribution in [3.05, 3.63) is 11.6 Å². The second kappa shape index (κ2) is 6.81. The molecule has 5 heteroatoms. The van der Waals surface area contributed by atoms with E-state index in [0.29, 0.717) is 31.1 Å². The zero-order chi connectivity index (χ0) is 22.7. The highest BCUT2D eigenvalue weighted by molar-refractivity contribution is 5.31. The summed E-state index contributed by atoms with van der Waals surface area (Å²) in [6.45, 7) is 9.83. The highest BCUT2D eigenvalue weighted by Crippen LogP contribution is 2.72. The van der Waals surface area contributed by atoms with Gasteiger partial charge in [0.25, 0.3) is 0 Å². The molecule has 180 valence electrons. The first-order valence-electron chi connectivity index (χ1n) is 13.1. The standard InChI is InChI=1S/C27H42O5/c1-15-7-10-27(31-14-15)16(2)23-21(32-27)13-26(30)20-6-5-17-11-18(28)12-22(29)25(17,4)19(20)8-9-24(23,26)3/h5,15-16,18-23,28-30H,6-14H2,1-4H3/t15-,16+,18-,19+,20-,21+,22-,23+,24-,25+,26-,27-/m1/s1. The van der Waals surface area contributed by atoms with Crippen molar-refractivity contribution in [1.29, 1.82) is 0 Å². The van der Waals surface area contributed by atoms with Crippen molar-refractivity contribution in [3.8, 4) is 0 Å². The van der Waals surface area contributed by atoms with Gasteiger partial charge in [0.2, 0.25) is 0 Å². The molecule has 0 amide bonds. The lowest BCUT2D eigenvalue weighted by molar-refractivity contribution is -0.280. The van der Waals surface area contributed by atoms with Gasteiger partial charge >= 0.3 is 0 Å². The average Bonchev–Trinajstić information content (AvgIpc) is 3.13. The molecule has 0 aromatic rings. The molecule has 0 radical (unpaired) electrons. The minimum atomic E-state index is -0.788.